The van der Waals surface area contributed by atoms with Crippen molar-refractivity contribution in [1.29, 1.82) is 0 Å². The van der Waals surface area contributed by atoms with Gasteiger partial charge in [0.25, 0.3) is 5.91 Å². The van der Waals surface area contributed by atoms with Crippen LogP contribution in [0.3, 0.4) is 0 Å². The van der Waals surface area contributed by atoms with E-state index in [1.54, 1.807) is 36.1 Å². The van der Waals surface area contributed by atoms with E-state index in [1.165, 1.54) is 12.1 Å². The molecule has 1 aliphatic rings. The summed E-state index contributed by atoms with van der Waals surface area (Å²) >= 11 is 0. The molecule has 0 N–H and O–H groups in total. The van der Waals surface area contributed by atoms with Crippen LogP contribution in [0.1, 0.15) is 35.7 Å². The summed E-state index contributed by atoms with van der Waals surface area (Å²) in [5.74, 6) is -0.628. The van der Waals surface area contributed by atoms with Crippen molar-refractivity contribution in [2.24, 2.45) is 5.92 Å². The number of hydrogen-bond acceptors (Lipinski definition) is 3. The number of esters is 1. The minimum absolute atomic E-state index is 0.192. The summed E-state index contributed by atoms with van der Waals surface area (Å²) in [6.07, 6.45) is -3.34. The fourth-order valence-corrected chi connectivity index (χ4v) is 3.51. The number of alkyl halides is 3. The molecular weight excluding hydrogens is 383 g/mol. The third kappa shape index (κ3) is 4.78. The Hall–Kier alpha value is -2.83. The number of piperidine rings is 1. The number of carbonyl (C=O) groups excluding carboxylic acids is 2. The van der Waals surface area contributed by atoms with Gasteiger partial charge in [-0.1, -0.05) is 30.3 Å². The maximum absolute atomic E-state index is 13.1. The second-order valence-electron chi connectivity index (χ2n) is 6.94. The number of amides is 1. The molecule has 2 aromatic rings. The van der Waals surface area contributed by atoms with Crippen molar-refractivity contribution in [1.82, 2.24) is 4.90 Å². The summed E-state index contributed by atoms with van der Waals surface area (Å²) in [6.45, 7) is 2.96. The number of likely N-dealkylation sites (tertiary alicyclic amines) is 1. The van der Waals surface area contributed by atoms with Crippen molar-refractivity contribution >= 4 is 11.9 Å². The Bertz CT molecular complexity index is 870. The largest absolute Gasteiger partial charge is 0.466 e. The van der Waals surface area contributed by atoms with Crippen LogP contribution >= 0.6 is 0 Å². The van der Waals surface area contributed by atoms with E-state index < -0.39 is 11.7 Å². The highest BCUT2D eigenvalue weighted by molar-refractivity contribution is 6.01. The maximum atomic E-state index is 13.1. The third-order valence-electron chi connectivity index (χ3n) is 5.08. The van der Waals surface area contributed by atoms with Crippen LogP contribution in [0, 0.1) is 5.92 Å². The highest BCUT2D eigenvalue weighted by Gasteiger charge is 2.31. The fraction of sp³-hybridized carbons (Fsp3) is 0.364. The Morgan fingerprint density at radius 1 is 1.03 bits per heavy atom. The molecule has 1 fully saturated rings. The first-order valence-corrected chi connectivity index (χ1v) is 9.54. The van der Waals surface area contributed by atoms with E-state index in [4.69, 9.17) is 4.74 Å². The minimum Gasteiger partial charge on any atom is -0.466 e. The fourth-order valence-electron chi connectivity index (χ4n) is 3.51. The predicted octanol–water partition coefficient (Wildman–Crippen LogP) is 4.79. The summed E-state index contributed by atoms with van der Waals surface area (Å²) in [5.41, 5.74) is 0.829. The second-order valence-corrected chi connectivity index (χ2v) is 6.94. The van der Waals surface area contributed by atoms with Gasteiger partial charge in [0.1, 0.15) is 0 Å². The van der Waals surface area contributed by atoms with E-state index in [2.05, 4.69) is 0 Å². The van der Waals surface area contributed by atoms with Crippen molar-refractivity contribution in [2.75, 3.05) is 19.7 Å². The molecule has 4 nitrogen and oxygen atoms in total. The first-order chi connectivity index (χ1) is 13.8. The number of benzene rings is 2. The topological polar surface area (TPSA) is 46.6 Å². The van der Waals surface area contributed by atoms with Crippen LogP contribution in [0.25, 0.3) is 11.1 Å². The zero-order valence-electron chi connectivity index (χ0n) is 16.0. The van der Waals surface area contributed by atoms with Crippen LogP contribution in [0.4, 0.5) is 13.2 Å². The molecule has 0 aliphatic carbocycles. The lowest BCUT2D eigenvalue weighted by Gasteiger charge is -2.31. The second kappa shape index (κ2) is 8.68. The molecule has 0 unspecified atom stereocenters. The number of rotatable bonds is 4. The lowest BCUT2D eigenvalue weighted by atomic mass is 9.94. The lowest BCUT2D eigenvalue weighted by molar-refractivity contribution is -0.149. The summed E-state index contributed by atoms with van der Waals surface area (Å²) in [5, 5.41) is 0. The molecule has 1 saturated heterocycles. The van der Waals surface area contributed by atoms with Crippen LogP contribution in [0.5, 0.6) is 0 Å². The van der Waals surface area contributed by atoms with Crippen molar-refractivity contribution in [3.05, 3.63) is 59.7 Å². The zero-order valence-corrected chi connectivity index (χ0v) is 16.0. The Morgan fingerprint density at radius 2 is 1.66 bits per heavy atom. The highest BCUT2D eigenvalue weighted by Crippen LogP contribution is 2.32. The van der Waals surface area contributed by atoms with E-state index in [9.17, 15) is 22.8 Å². The molecule has 0 bridgehead atoms. The van der Waals surface area contributed by atoms with Gasteiger partial charge >= 0.3 is 12.1 Å². The van der Waals surface area contributed by atoms with Crippen LogP contribution in [-0.2, 0) is 15.7 Å². The third-order valence-corrected chi connectivity index (χ3v) is 5.08. The van der Waals surface area contributed by atoms with Gasteiger partial charge in [-0.3, -0.25) is 9.59 Å². The molecular formula is C22H22F3NO3. The average molecular weight is 405 g/mol. The van der Waals surface area contributed by atoms with Crippen LogP contribution < -0.4 is 0 Å². The first kappa shape index (κ1) is 20.9. The quantitative estimate of drug-likeness (QED) is 0.688. The summed E-state index contributed by atoms with van der Waals surface area (Å²) in [6, 6.07) is 11.7. The molecule has 3 rings (SSSR count). The van der Waals surface area contributed by atoms with Crippen molar-refractivity contribution in [3.63, 3.8) is 0 Å². The Kier molecular flexibility index (Phi) is 6.25. The molecule has 1 heterocycles. The van der Waals surface area contributed by atoms with Crippen LogP contribution in [0.2, 0.25) is 0 Å². The van der Waals surface area contributed by atoms with Gasteiger partial charge in [-0.05, 0) is 49.1 Å². The van der Waals surface area contributed by atoms with Gasteiger partial charge in [0.05, 0.1) is 18.1 Å². The summed E-state index contributed by atoms with van der Waals surface area (Å²) < 4.78 is 43.5. The van der Waals surface area contributed by atoms with Gasteiger partial charge in [0, 0.05) is 18.7 Å². The molecule has 0 spiro atoms. The molecule has 0 saturated carbocycles. The van der Waals surface area contributed by atoms with Gasteiger partial charge in [-0.25, -0.2) is 0 Å². The van der Waals surface area contributed by atoms with Gasteiger partial charge in [0.15, 0.2) is 0 Å². The van der Waals surface area contributed by atoms with E-state index in [-0.39, 0.29) is 17.8 Å². The van der Waals surface area contributed by atoms with E-state index in [0.717, 1.165) is 12.1 Å². The Labute approximate surface area is 167 Å². The number of halogens is 3. The van der Waals surface area contributed by atoms with Crippen molar-refractivity contribution < 1.29 is 27.5 Å². The number of nitrogens with zero attached hydrogens (tertiary/aromatic N) is 1. The smallest absolute Gasteiger partial charge is 0.416 e. The van der Waals surface area contributed by atoms with Gasteiger partial charge in [-0.15, -0.1) is 0 Å². The van der Waals surface area contributed by atoms with Crippen molar-refractivity contribution in [2.45, 2.75) is 25.9 Å². The standard InChI is InChI=1S/C22H22F3NO3/c1-2-29-21(28)16-11-13-26(14-12-16)20(27)19-6-4-3-5-18(19)15-7-9-17(10-8-15)22(23,24)25/h3-10,16H,2,11-14H2,1H3. The van der Waals surface area contributed by atoms with Gasteiger partial charge < -0.3 is 9.64 Å². The summed E-state index contributed by atoms with van der Waals surface area (Å²) in [4.78, 5) is 26.6. The van der Waals surface area contributed by atoms with Crippen LogP contribution in [0.15, 0.2) is 48.5 Å². The zero-order chi connectivity index (χ0) is 21.0. The highest BCUT2D eigenvalue weighted by atomic mass is 19.4. The van der Waals surface area contributed by atoms with E-state index in [0.29, 0.717) is 49.2 Å². The molecule has 29 heavy (non-hydrogen) atoms. The molecule has 1 amide bonds. The normalized spacial score (nSPS) is 15.2. The number of carbonyl (C=O) groups is 2. The maximum Gasteiger partial charge on any atom is 0.416 e. The molecule has 7 heteroatoms. The molecule has 0 radical (unpaired) electrons. The molecule has 1 aliphatic heterocycles. The Balaban J connectivity index is 1.77. The summed E-state index contributed by atoms with van der Waals surface area (Å²) in [7, 11) is 0. The number of hydrogen-bond donors (Lipinski definition) is 0. The van der Waals surface area contributed by atoms with Gasteiger partial charge in [-0.2, -0.15) is 13.2 Å². The Morgan fingerprint density at radius 3 is 2.24 bits per heavy atom. The van der Waals surface area contributed by atoms with Gasteiger partial charge in [0.2, 0.25) is 0 Å². The monoisotopic (exact) mass is 405 g/mol. The first-order valence-electron chi connectivity index (χ1n) is 9.54. The molecule has 154 valence electrons. The van der Waals surface area contributed by atoms with Crippen molar-refractivity contribution in [3.8, 4) is 11.1 Å². The SMILES string of the molecule is CCOC(=O)C1CCN(C(=O)c2ccccc2-c2ccc(C(F)(F)F)cc2)CC1. The predicted molar refractivity (Wildman–Crippen MR) is 102 cm³/mol. The molecule has 0 atom stereocenters. The van der Waals surface area contributed by atoms with E-state index >= 15 is 0 Å². The minimum atomic E-state index is -4.41. The average Bonchev–Trinajstić information content (AvgIpc) is 2.73. The molecule has 2 aromatic carbocycles. The molecule has 0 aromatic heterocycles. The lowest BCUT2D eigenvalue weighted by Crippen LogP contribution is -2.40. The van der Waals surface area contributed by atoms with E-state index in [1.807, 2.05) is 0 Å². The van der Waals surface area contributed by atoms with Crippen LogP contribution in [-0.4, -0.2) is 36.5 Å². The number of ether oxygens (including phenoxy) is 1.